The number of amides is 1. The molecule has 0 aromatic carbocycles. The maximum absolute atomic E-state index is 10.6. The van der Waals surface area contributed by atoms with E-state index in [9.17, 15) is 4.79 Å². The lowest BCUT2D eigenvalue weighted by molar-refractivity contribution is -0.117. The zero-order chi connectivity index (χ0) is 8.97. The fourth-order valence-electron chi connectivity index (χ4n) is 0.907. The molecule has 2 N–H and O–H groups in total. The smallest absolute Gasteiger partial charge is 0.223 e. The lowest BCUT2D eigenvalue weighted by atomic mass is 10.2. The monoisotopic (exact) mass is 166 g/mol. The molecule has 0 aliphatic carbocycles. The highest BCUT2D eigenvalue weighted by Crippen LogP contribution is 2.14. The molecule has 4 heteroatoms. The summed E-state index contributed by atoms with van der Waals surface area (Å²) in [6.45, 7) is 0. The first-order valence-corrected chi connectivity index (χ1v) is 3.50. The normalized spacial score (nSPS) is 9.42. The molecule has 0 fully saturated rings. The molecule has 1 heterocycles. The van der Waals surface area contributed by atoms with Gasteiger partial charge in [-0.2, -0.15) is 0 Å². The van der Waals surface area contributed by atoms with Crippen molar-refractivity contribution in [3.05, 3.63) is 24.0 Å². The third-order valence-electron chi connectivity index (χ3n) is 1.41. The summed E-state index contributed by atoms with van der Waals surface area (Å²) >= 11 is 0. The molecule has 0 radical (unpaired) electrons. The summed E-state index contributed by atoms with van der Waals surface area (Å²) in [5.74, 6) is 0.184. The van der Waals surface area contributed by atoms with E-state index in [0.29, 0.717) is 11.4 Å². The summed E-state index contributed by atoms with van der Waals surface area (Å²) in [6, 6.07) is 3.48. The molecule has 0 aliphatic heterocycles. The van der Waals surface area contributed by atoms with Gasteiger partial charge in [0.15, 0.2) is 0 Å². The van der Waals surface area contributed by atoms with Gasteiger partial charge in [-0.15, -0.1) is 0 Å². The molecule has 0 bridgehead atoms. The number of carbonyl (C=O) groups excluding carboxylic acids is 1. The van der Waals surface area contributed by atoms with E-state index in [0.717, 1.165) is 0 Å². The molecule has 0 unspecified atom stereocenters. The van der Waals surface area contributed by atoms with E-state index in [1.165, 1.54) is 7.11 Å². The van der Waals surface area contributed by atoms with Crippen molar-refractivity contribution >= 4 is 5.91 Å². The molecule has 1 amide bonds. The third-order valence-corrected chi connectivity index (χ3v) is 1.41. The van der Waals surface area contributed by atoms with Gasteiger partial charge in [-0.25, -0.2) is 0 Å². The van der Waals surface area contributed by atoms with Crippen molar-refractivity contribution in [2.24, 2.45) is 5.73 Å². The van der Waals surface area contributed by atoms with Gasteiger partial charge in [0.25, 0.3) is 0 Å². The summed E-state index contributed by atoms with van der Waals surface area (Å²) in [5.41, 5.74) is 5.59. The molecular formula is C8H10N2O2. The highest BCUT2D eigenvalue weighted by atomic mass is 16.5. The van der Waals surface area contributed by atoms with Crippen LogP contribution in [0.15, 0.2) is 18.3 Å². The van der Waals surface area contributed by atoms with Crippen molar-refractivity contribution in [2.75, 3.05) is 7.11 Å². The average Bonchev–Trinajstić information content (AvgIpc) is 2.04. The van der Waals surface area contributed by atoms with E-state index >= 15 is 0 Å². The molecule has 0 atom stereocenters. The number of carbonyl (C=O) groups is 1. The predicted octanol–water partition coefficient (Wildman–Crippen LogP) is 0.118. The van der Waals surface area contributed by atoms with Crippen LogP contribution in [0.2, 0.25) is 0 Å². The first-order chi connectivity index (χ1) is 5.74. The van der Waals surface area contributed by atoms with Gasteiger partial charge < -0.3 is 10.5 Å². The average molecular weight is 166 g/mol. The number of ether oxygens (including phenoxy) is 1. The van der Waals surface area contributed by atoms with Gasteiger partial charge in [0, 0.05) is 6.20 Å². The molecule has 0 aliphatic rings. The first kappa shape index (κ1) is 8.52. The number of nitrogens with two attached hydrogens (primary N) is 1. The van der Waals surface area contributed by atoms with E-state index in [-0.39, 0.29) is 6.42 Å². The maximum atomic E-state index is 10.6. The van der Waals surface area contributed by atoms with Crippen molar-refractivity contribution in [2.45, 2.75) is 6.42 Å². The SMILES string of the molecule is COc1cccnc1CC(N)=O. The molecule has 1 aromatic rings. The number of methoxy groups -OCH3 is 1. The molecule has 1 rings (SSSR count). The number of pyridine rings is 1. The van der Waals surface area contributed by atoms with Crippen LogP contribution in [0.3, 0.4) is 0 Å². The molecule has 4 nitrogen and oxygen atoms in total. The van der Waals surface area contributed by atoms with Gasteiger partial charge in [-0.3, -0.25) is 9.78 Å². The van der Waals surface area contributed by atoms with Crippen LogP contribution >= 0.6 is 0 Å². The van der Waals surface area contributed by atoms with Crippen LogP contribution in [0.1, 0.15) is 5.69 Å². The Morgan fingerprint density at radius 2 is 2.50 bits per heavy atom. The highest BCUT2D eigenvalue weighted by molar-refractivity contribution is 5.76. The Bertz CT molecular complexity index is 286. The van der Waals surface area contributed by atoms with Crippen LogP contribution in [-0.2, 0) is 11.2 Å². The Balaban J connectivity index is 2.89. The Morgan fingerprint density at radius 3 is 3.08 bits per heavy atom. The Morgan fingerprint density at radius 1 is 1.75 bits per heavy atom. The van der Waals surface area contributed by atoms with Crippen LogP contribution < -0.4 is 10.5 Å². The van der Waals surface area contributed by atoms with Crippen LogP contribution in [0.4, 0.5) is 0 Å². The number of rotatable bonds is 3. The number of nitrogens with zero attached hydrogens (tertiary/aromatic N) is 1. The molecule has 0 spiro atoms. The van der Waals surface area contributed by atoms with Crippen LogP contribution in [0.5, 0.6) is 5.75 Å². The van der Waals surface area contributed by atoms with Crippen molar-refractivity contribution < 1.29 is 9.53 Å². The summed E-state index contributed by atoms with van der Waals surface area (Å²) < 4.78 is 4.98. The minimum absolute atomic E-state index is 0.115. The second kappa shape index (κ2) is 3.71. The quantitative estimate of drug-likeness (QED) is 0.693. The Labute approximate surface area is 70.4 Å². The van der Waals surface area contributed by atoms with Crippen LogP contribution in [-0.4, -0.2) is 18.0 Å². The minimum atomic E-state index is -0.410. The zero-order valence-electron chi connectivity index (χ0n) is 6.78. The van der Waals surface area contributed by atoms with Gasteiger partial charge >= 0.3 is 0 Å². The van der Waals surface area contributed by atoms with Gasteiger partial charge in [0.2, 0.25) is 5.91 Å². The first-order valence-electron chi connectivity index (χ1n) is 3.50. The van der Waals surface area contributed by atoms with Crippen molar-refractivity contribution in [1.29, 1.82) is 0 Å². The van der Waals surface area contributed by atoms with Crippen LogP contribution in [0.25, 0.3) is 0 Å². The van der Waals surface area contributed by atoms with Gasteiger partial charge in [0.1, 0.15) is 5.75 Å². The number of hydrogen-bond donors (Lipinski definition) is 1. The van der Waals surface area contributed by atoms with Gasteiger partial charge in [-0.1, -0.05) is 0 Å². The topological polar surface area (TPSA) is 65.2 Å². The van der Waals surface area contributed by atoms with Crippen molar-refractivity contribution in [3.8, 4) is 5.75 Å². The predicted molar refractivity (Wildman–Crippen MR) is 43.7 cm³/mol. The van der Waals surface area contributed by atoms with E-state index < -0.39 is 5.91 Å². The molecule has 0 saturated heterocycles. The number of primary amides is 1. The standard InChI is InChI=1S/C8H10N2O2/c1-12-7-3-2-4-10-6(7)5-8(9)11/h2-4H,5H2,1H3,(H2,9,11). The second-order valence-corrected chi connectivity index (χ2v) is 2.30. The molecule has 64 valence electrons. The Hall–Kier alpha value is -1.58. The van der Waals surface area contributed by atoms with Crippen molar-refractivity contribution in [1.82, 2.24) is 4.98 Å². The van der Waals surface area contributed by atoms with E-state index in [2.05, 4.69) is 4.98 Å². The third kappa shape index (κ3) is 1.95. The summed E-state index contributed by atoms with van der Waals surface area (Å²) in [4.78, 5) is 14.5. The highest BCUT2D eigenvalue weighted by Gasteiger charge is 2.05. The van der Waals surface area contributed by atoms with E-state index in [1.807, 2.05) is 0 Å². The van der Waals surface area contributed by atoms with Gasteiger partial charge in [-0.05, 0) is 12.1 Å². The Kier molecular flexibility index (Phi) is 2.63. The van der Waals surface area contributed by atoms with Crippen LogP contribution in [0, 0.1) is 0 Å². The lowest BCUT2D eigenvalue weighted by Gasteiger charge is -2.03. The molecule has 0 saturated carbocycles. The van der Waals surface area contributed by atoms with E-state index in [1.54, 1.807) is 18.3 Å². The summed E-state index contributed by atoms with van der Waals surface area (Å²) in [7, 11) is 1.53. The number of hydrogen-bond acceptors (Lipinski definition) is 3. The largest absolute Gasteiger partial charge is 0.495 e. The fraction of sp³-hybridized carbons (Fsp3) is 0.250. The van der Waals surface area contributed by atoms with Gasteiger partial charge in [0.05, 0.1) is 19.2 Å². The zero-order valence-corrected chi connectivity index (χ0v) is 6.78. The number of aromatic nitrogens is 1. The lowest BCUT2D eigenvalue weighted by Crippen LogP contribution is -2.15. The molecule has 1 aromatic heterocycles. The van der Waals surface area contributed by atoms with Crippen molar-refractivity contribution in [3.63, 3.8) is 0 Å². The maximum Gasteiger partial charge on any atom is 0.223 e. The summed E-state index contributed by atoms with van der Waals surface area (Å²) in [6.07, 6.45) is 1.71. The molecular weight excluding hydrogens is 156 g/mol. The molecule has 12 heavy (non-hydrogen) atoms. The minimum Gasteiger partial charge on any atom is -0.495 e. The van der Waals surface area contributed by atoms with E-state index in [4.69, 9.17) is 10.5 Å². The second-order valence-electron chi connectivity index (χ2n) is 2.30. The fourth-order valence-corrected chi connectivity index (χ4v) is 0.907. The summed E-state index contributed by atoms with van der Waals surface area (Å²) in [5, 5.41) is 0.